The van der Waals surface area contributed by atoms with Crippen molar-refractivity contribution in [1.82, 2.24) is 0 Å². The largest absolute Gasteiger partial charge is 0.396 e. The molecule has 0 aromatic carbocycles. The summed E-state index contributed by atoms with van der Waals surface area (Å²) < 4.78 is 0. The number of hydrogen-bond donors (Lipinski definition) is 6. The van der Waals surface area contributed by atoms with Crippen LogP contribution in [0.25, 0.3) is 0 Å². The second kappa shape index (κ2) is 16.2. The minimum absolute atomic E-state index is 0.169. The van der Waals surface area contributed by atoms with Crippen LogP contribution in [-0.4, -0.2) is 50.2 Å². The molecule has 0 saturated carbocycles. The SMILES string of the molecule is O=C(CCC(S)CCC(S)CCO)CCC(S)CCC(S)CCO. The highest BCUT2D eigenvalue weighted by molar-refractivity contribution is 7.81. The van der Waals surface area contributed by atoms with Crippen LogP contribution in [0.3, 0.4) is 0 Å². The molecule has 0 fully saturated rings. The normalized spacial score (nSPS) is 16.6. The summed E-state index contributed by atoms with van der Waals surface area (Å²) in [4.78, 5) is 12.0. The smallest absolute Gasteiger partial charge is 0.132 e. The molecule has 0 radical (unpaired) electrons. The van der Waals surface area contributed by atoms with Crippen molar-refractivity contribution >= 4 is 56.3 Å². The van der Waals surface area contributed by atoms with Crippen LogP contribution in [0.15, 0.2) is 0 Å². The van der Waals surface area contributed by atoms with Crippen molar-refractivity contribution in [1.29, 1.82) is 0 Å². The third kappa shape index (κ3) is 15.3. The molecule has 0 aromatic heterocycles. The summed E-state index contributed by atoms with van der Waals surface area (Å²) in [5.41, 5.74) is 0. The van der Waals surface area contributed by atoms with Crippen LogP contribution >= 0.6 is 50.5 Å². The molecule has 0 rings (SSSR count). The maximum Gasteiger partial charge on any atom is 0.132 e. The lowest BCUT2D eigenvalue weighted by atomic mass is 10.0. The average molecular weight is 415 g/mol. The van der Waals surface area contributed by atoms with Crippen LogP contribution in [0.1, 0.15) is 64.2 Å². The van der Waals surface area contributed by atoms with Crippen molar-refractivity contribution in [2.45, 2.75) is 85.2 Å². The van der Waals surface area contributed by atoms with E-state index < -0.39 is 0 Å². The zero-order valence-corrected chi connectivity index (χ0v) is 18.0. The molecule has 0 heterocycles. The molecule has 4 atom stereocenters. The minimum atomic E-state index is 0.169. The van der Waals surface area contributed by atoms with E-state index in [1.807, 2.05) is 0 Å². The molecule has 7 heteroatoms. The van der Waals surface area contributed by atoms with Crippen molar-refractivity contribution in [3.8, 4) is 0 Å². The van der Waals surface area contributed by atoms with Crippen molar-refractivity contribution in [3.05, 3.63) is 0 Å². The summed E-state index contributed by atoms with van der Waals surface area (Å²) >= 11 is 17.9. The summed E-state index contributed by atoms with van der Waals surface area (Å²) in [6.07, 6.45) is 7.85. The van der Waals surface area contributed by atoms with Crippen LogP contribution in [0.5, 0.6) is 0 Å². The maximum absolute atomic E-state index is 12.0. The van der Waals surface area contributed by atoms with E-state index in [2.05, 4.69) is 50.5 Å². The third-order valence-electron chi connectivity index (χ3n) is 4.10. The fourth-order valence-electron chi connectivity index (χ4n) is 2.43. The van der Waals surface area contributed by atoms with Gasteiger partial charge in [-0.25, -0.2) is 0 Å². The van der Waals surface area contributed by atoms with E-state index in [1.165, 1.54) is 0 Å². The Kier molecular flexibility index (Phi) is 16.9. The highest BCUT2D eigenvalue weighted by Crippen LogP contribution is 2.20. The summed E-state index contributed by atoms with van der Waals surface area (Å²) in [7, 11) is 0. The highest BCUT2D eigenvalue weighted by Gasteiger charge is 2.13. The van der Waals surface area contributed by atoms with Crippen molar-refractivity contribution in [2.24, 2.45) is 0 Å². The van der Waals surface area contributed by atoms with Crippen LogP contribution in [-0.2, 0) is 4.79 Å². The summed E-state index contributed by atoms with van der Waals surface area (Å²) in [6.45, 7) is 0.339. The summed E-state index contributed by atoms with van der Waals surface area (Å²) in [5, 5.41) is 18.6. The first-order valence-electron chi connectivity index (χ1n) is 8.84. The Hall–Kier alpha value is 0.990. The van der Waals surface area contributed by atoms with E-state index in [4.69, 9.17) is 10.2 Å². The number of thiol groups is 4. The van der Waals surface area contributed by atoms with Gasteiger partial charge in [0.1, 0.15) is 5.78 Å². The predicted octanol–water partition coefficient (Wildman–Crippen LogP) is 3.63. The molecule has 2 N–H and O–H groups in total. The Morgan fingerprint density at radius 2 is 0.875 bits per heavy atom. The standard InChI is InChI=1S/C17H34O3S4/c18-11-9-16(23)7-5-14(21)3-1-13(20)2-4-15(22)6-8-17(24)10-12-19/h14-19,21-24H,1-12H2. The third-order valence-corrected chi connectivity index (χ3v) is 6.17. The second-order valence-corrected chi connectivity index (χ2v) is 9.33. The lowest BCUT2D eigenvalue weighted by molar-refractivity contribution is -0.119. The first-order valence-corrected chi connectivity index (χ1v) is 10.9. The molecule has 0 amide bonds. The zero-order chi connectivity index (χ0) is 18.4. The molecule has 0 spiro atoms. The topological polar surface area (TPSA) is 57.5 Å². The summed E-state index contributed by atoms with van der Waals surface area (Å²) in [5.74, 6) is 0.281. The van der Waals surface area contributed by atoms with Gasteiger partial charge in [0, 0.05) is 47.1 Å². The van der Waals surface area contributed by atoms with E-state index in [0.717, 1.165) is 38.5 Å². The Labute approximate surface area is 169 Å². The number of ketones is 1. The highest BCUT2D eigenvalue weighted by atomic mass is 32.1. The van der Waals surface area contributed by atoms with Gasteiger partial charge < -0.3 is 10.2 Å². The van der Waals surface area contributed by atoms with Gasteiger partial charge in [-0.15, -0.1) is 0 Å². The number of rotatable bonds is 16. The Morgan fingerprint density at radius 1 is 0.583 bits per heavy atom. The van der Waals surface area contributed by atoms with Gasteiger partial charge in [-0.3, -0.25) is 4.79 Å². The minimum Gasteiger partial charge on any atom is -0.396 e. The molecule has 3 nitrogen and oxygen atoms in total. The van der Waals surface area contributed by atoms with Crippen LogP contribution in [0, 0.1) is 0 Å². The van der Waals surface area contributed by atoms with Gasteiger partial charge in [0.15, 0.2) is 0 Å². The first-order chi connectivity index (χ1) is 11.4. The molecule has 24 heavy (non-hydrogen) atoms. The molecular weight excluding hydrogens is 380 g/mol. The number of aliphatic hydroxyl groups is 2. The number of aliphatic hydroxyl groups excluding tert-OH is 2. The van der Waals surface area contributed by atoms with E-state index in [0.29, 0.717) is 25.7 Å². The van der Waals surface area contributed by atoms with Crippen LogP contribution < -0.4 is 0 Å². The Morgan fingerprint density at radius 3 is 1.17 bits per heavy atom. The first kappa shape index (κ1) is 25.0. The molecule has 0 aliphatic rings. The number of carbonyl (C=O) groups excluding carboxylic acids is 1. The molecule has 0 aliphatic heterocycles. The second-order valence-electron chi connectivity index (χ2n) is 6.41. The molecule has 0 bridgehead atoms. The van der Waals surface area contributed by atoms with Gasteiger partial charge >= 0.3 is 0 Å². The van der Waals surface area contributed by atoms with E-state index in [9.17, 15) is 4.79 Å². The van der Waals surface area contributed by atoms with Gasteiger partial charge in [-0.1, -0.05) is 0 Å². The van der Waals surface area contributed by atoms with Gasteiger partial charge in [0.25, 0.3) is 0 Å². The van der Waals surface area contributed by atoms with E-state index in [-0.39, 0.29) is 40.0 Å². The molecule has 0 aliphatic carbocycles. The van der Waals surface area contributed by atoms with Gasteiger partial charge in [-0.05, 0) is 51.4 Å². The quantitative estimate of drug-likeness (QED) is 0.219. The van der Waals surface area contributed by atoms with Gasteiger partial charge in [-0.2, -0.15) is 50.5 Å². The fourth-order valence-corrected chi connectivity index (χ4v) is 3.51. The zero-order valence-electron chi connectivity index (χ0n) is 14.4. The van der Waals surface area contributed by atoms with Crippen LogP contribution in [0.4, 0.5) is 0 Å². The molecule has 144 valence electrons. The molecule has 0 saturated heterocycles. The Balaban J connectivity index is 3.70. The lowest BCUT2D eigenvalue weighted by Gasteiger charge is -2.15. The average Bonchev–Trinajstić information content (AvgIpc) is 2.54. The van der Waals surface area contributed by atoms with Crippen LogP contribution in [0.2, 0.25) is 0 Å². The predicted molar refractivity (Wildman–Crippen MR) is 116 cm³/mol. The number of Topliss-reactive ketones (excluding diaryl/α,β-unsaturated/α-hetero) is 1. The number of carbonyl (C=O) groups is 1. The van der Waals surface area contributed by atoms with Crippen molar-refractivity contribution in [3.63, 3.8) is 0 Å². The molecular formula is C17H34O3S4. The van der Waals surface area contributed by atoms with Gasteiger partial charge in [0.2, 0.25) is 0 Å². The molecule has 0 aromatic rings. The van der Waals surface area contributed by atoms with E-state index >= 15 is 0 Å². The summed E-state index contributed by atoms with van der Waals surface area (Å²) in [6, 6.07) is 0. The van der Waals surface area contributed by atoms with Crippen molar-refractivity contribution < 1.29 is 15.0 Å². The van der Waals surface area contributed by atoms with E-state index in [1.54, 1.807) is 0 Å². The monoisotopic (exact) mass is 414 g/mol. The Bertz CT molecular complexity index is 290. The number of hydrogen-bond acceptors (Lipinski definition) is 7. The van der Waals surface area contributed by atoms with Gasteiger partial charge in [0.05, 0.1) is 0 Å². The lowest BCUT2D eigenvalue weighted by Crippen LogP contribution is -2.11. The maximum atomic E-state index is 12.0. The molecule has 4 unspecified atom stereocenters. The fraction of sp³-hybridized carbons (Fsp3) is 0.941. The van der Waals surface area contributed by atoms with Crippen molar-refractivity contribution in [2.75, 3.05) is 13.2 Å².